The lowest BCUT2D eigenvalue weighted by atomic mass is 10.1. The quantitative estimate of drug-likeness (QED) is 0.787. The minimum absolute atomic E-state index is 0.0334. The third-order valence-corrected chi connectivity index (χ3v) is 4.94. The lowest BCUT2D eigenvalue weighted by Crippen LogP contribution is -2.49. The Morgan fingerprint density at radius 3 is 2.43 bits per heavy atom. The van der Waals surface area contributed by atoms with Gasteiger partial charge >= 0.3 is 0 Å². The van der Waals surface area contributed by atoms with Crippen LogP contribution >= 0.6 is 0 Å². The third kappa shape index (κ3) is 4.82. The molecule has 0 unspecified atom stereocenters. The Morgan fingerprint density at radius 2 is 1.79 bits per heavy atom. The second-order valence-corrected chi connectivity index (χ2v) is 7.50. The van der Waals surface area contributed by atoms with Crippen LogP contribution in [0.3, 0.4) is 0 Å². The van der Waals surface area contributed by atoms with Gasteiger partial charge in [-0.3, -0.25) is 4.79 Å². The molecule has 5 nitrogen and oxygen atoms in total. The Kier molecular flexibility index (Phi) is 6.21. The number of aryl methyl sites for hydroxylation is 2. The Labute approximate surface area is 164 Å². The molecule has 1 aromatic heterocycles. The zero-order chi connectivity index (χ0) is 20.3. The average molecular weight is 388 g/mol. The summed E-state index contributed by atoms with van der Waals surface area (Å²) in [5.41, 5.74) is 1.57. The van der Waals surface area contributed by atoms with Crippen molar-refractivity contribution < 1.29 is 13.6 Å². The predicted octanol–water partition coefficient (Wildman–Crippen LogP) is 3.47. The molecule has 150 valence electrons. The molecule has 0 radical (unpaired) electrons. The van der Waals surface area contributed by atoms with E-state index in [-0.39, 0.29) is 18.2 Å². The van der Waals surface area contributed by atoms with E-state index in [2.05, 4.69) is 28.7 Å². The first-order chi connectivity index (χ1) is 13.3. The number of carbonyl (C=O) groups is 1. The van der Waals surface area contributed by atoms with Crippen molar-refractivity contribution in [3.63, 3.8) is 0 Å². The molecule has 2 heterocycles. The van der Waals surface area contributed by atoms with E-state index < -0.39 is 11.6 Å². The van der Waals surface area contributed by atoms with Gasteiger partial charge in [0.05, 0.1) is 0 Å². The van der Waals surface area contributed by atoms with Crippen molar-refractivity contribution in [2.75, 3.05) is 31.1 Å². The standard InChI is InChI=1S/C21H26F2N4O/c1-14(2)21-24-15(3)12-19(25-21)26-8-10-27(11-9-26)20(28)7-5-16-4-6-17(22)18(23)13-16/h4,6,12-14H,5,7-11H2,1-3H3. The molecule has 1 aliphatic heterocycles. The summed E-state index contributed by atoms with van der Waals surface area (Å²) in [5.74, 6) is 0.292. The Bertz CT molecular complexity index is 848. The molecule has 1 aromatic carbocycles. The molecule has 7 heteroatoms. The van der Waals surface area contributed by atoms with Gasteiger partial charge in [-0.15, -0.1) is 0 Å². The maximum Gasteiger partial charge on any atom is 0.223 e. The fourth-order valence-corrected chi connectivity index (χ4v) is 3.28. The molecule has 1 fully saturated rings. The molecule has 0 bridgehead atoms. The number of carbonyl (C=O) groups excluding carboxylic acids is 1. The number of benzene rings is 1. The maximum absolute atomic E-state index is 13.3. The van der Waals surface area contributed by atoms with Gasteiger partial charge in [0.2, 0.25) is 5.91 Å². The van der Waals surface area contributed by atoms with Gasteiger partial charge in [0.25, 0.3) is 0 Å². The Hall–Kier alpha value is -2.57. The molecule has 0 saturated carbocycles. The number of aromatic nitrogens is 2. The lowest BCUT2D eigenvalue weighted by Gasteiger charge is -2.35. The molecule has 2 aromatic rings. The van der Waals surface area contributed by atoms with Gasteiger partial charge in [0, 0.05) is 50.3 Å². The number of nitrogens with zero attached hydrogens (tertiary/aromatic N) is 4. The number of piperazine rings is 1. The van der Waals surface area contributed by atoms with Gasteiger partial charge in [-0.05, 0) is 31.0 Å². The molecule has 28 heavy (non-hydrogen) atoms. The van der Waals surface area contributed by atoms with Gasteiger partial charge in [-0.25, -0.2) is 18.7 Å². The number of anilines is 1. The second kappa shape index (κ2) is 8.63. The van der Waals surface area contributed by atoms with Crippen LogP contribution in [-0.4, -0.2) is 47.0 Å². The number of rotatable bonds is 5. The van der Waals surface area contributed by atoms with Crippen LogP contribution in [0.5, 0.6) is 0 Å². The van der Waals surface area contributed by atoms with Gasteiger partial charge in [0.15, 0.2) is 11.6 Å². The van der Waals surface area contributed by atoms with Crippen LogP contribution in [0.1, 0.15) is 43.3 Å². The summed E-state index contributed by atoms with van der Waals surface area (Å²) in [6, 6.07) is 5.76. The minimum Gasteiger partial charge on any atom is -0.353 e. The van der Waals surface area contributed by atoms with E-state index >= 15 is 0 Å². The molecule has 0 atom stereocenters. The molecular weight excluding hydrogens is 362 g/mol. The van der Waals surface area contributed by atoms with E-state index in [9.17, 15) is 13.6 Å². The SMILES string of the molecule is Cc1cc(N2CCN(C(=O)CCc3ccc(F)c(F)c3)CC2)nc(C(C)C)n1. The van der Waals surface area contributed by atoms with E-state index in [0.717, 1.165) is 29.5 Å². The van der Waals surface area contributed by atoms with Crippen molar-refractivity contribution in [3.05, 3.63) is 53.0 Å². The van der Waals surface area contributed by atoms with Crippen molar-refractivity contribution >= 4 is 11.7 Å². The van der Waals surface area contributed by atoms with Crippen LogP contribution in [0.25, 0.3) is 0 Å². The molecule has 1 aliphatic rings. The number of amides is 1. The summed E-state index contributed by atoms with van der Waals surface area (Å²) in [5, 5.41) is 0. The van der Waals surface area contributed by atoms with Gasteiger partial charge < -0.3 is 9.80 Å². The first-order valence-corrected chi connectivity index (χ1v) is 9.65. The summed E-state index contributed by atoms with van der Waals surface area (Å²) < 4.78 is 26.3. The fraction of sp³-hybridized carbons (Fsp3) is 0.476. The van der Waals surface area contributed by atoms with Gasteiger partial charge in [-0.1, -0.05) is 19.9 Å². The Morgan fingerprint density at radius 1 is 1.07 bits per heavy atom. The maximum atomic E-state index is 13.3. The average Bonchev–Trinajstić information content (AvgIpc) is 2.68. The van der Waals surface area contributed by atoms with Crippen LogP contribution in [0.4, 0.5) is 14.6 Å². The summed E-state index contributed by atoms with van der Waals surface area (Å²) in [6.45, 7) is 8.78. The van der Waals surface area contributed by atoms with Crippen LogP contribution in [-0.2, 0) is 11.2 Å². The molecular formula is C21H26F2N4O. The summed E-state index contributed by atoms with van der Waals surface area (Å²) in [4.78, 5) is 25.6. The highest BCUT2D eigenvalue weighted by Crippen LogP contribution is 2.19. The topological polar surface area (TPSA) is 49.3 Å². The van der Waals surface area contributed by atoms with Crippen molar-refractivity contribution in [1.82, 2.24) is 14.9 Å². The first-order valence-electron chi connectivity index (χ1n) is 9.65. The second-order valence-electron chi connectivity index (χ2n) is 7.50. The summed E-state index contributed by atoms with van der Waals surface area (Å²) in [7, 11) is 0. The van der Waals surface area contributed by atoms with Crippen LogP contribution in [0.15, 0.2) is 24.3 Å². The van der Waals surface area contributed by atoms with Crippen molar-refractivity contribution in [2.45, 2.75) is 39.5 Å². The van der Waals surface area contributed by atoms with Crippen LogP contribution in [0, 0.1) is 18.6 Å². The third-order valence-electron chi connectivity index (χ3n) is 4.94. The van der Waals surface area contributed by atoms with E-state index in [1.807, 2.05) is 17.9 Å². The first kappa shape index (κ1) is 20.2. The van der Waals surface area contributed by atoms with Crippen LogP contribution in [0.2, 0.25) is 0 Å². The van der Waals surface area contributed by atoms with E-state index in [0.29, 0.717) is 38.2 Å². The zero-order valence-corrected chi connectivity index (χ0v) is 16.6. The molecule has 3 rings (SSSR count). The van der Waals surface area contributed by atoms with E-state index in [1.165, 1.54) is 6.07 Å². The number of hydrogen-bond donors (Lipinski definition) is 0. The highest BCUT2D eigenvalue weighted by atomic mass is 19.2. The molecule has 1 saturated heterocycles. The Balaban J connectivity index is 1.54. The largest absolute Gasteiger partial charge is 0.353 e. The van der Waals surface area contributed by atoms with Crippen molar-refractivity contribution in [1.29, 1.82) is 0 Å². The monoisotopic (exact) mass is 388 g/mol. The zero-order valence-electron chi connectivity index (χ0n) is 16.6. The molecule has 0 spiro atoms. The lowest BCUT2D eigenvalue weighted by molar-refractivity contribution is -0.131. The summed E-state index contributed by atoms with van der Waals surface area (Å²) in [6.07, 6.45) is 0.689. The van der Waals surface area contributed by atoms with Gasteiger partial charge in [-0.2, -0.15) is 0 Å². The molecule has 0 N–H and O–H groups in total. The molecule has 0 aliphatic carbocycles. The predicted molar refractivity (Wildman–Crippen MR) is 104 cm³/mol. The minimum atomic E-state index is -0.875. The van der Waals surface area contributed by atoms with Crippen molar-refractivity contribution in [3.8, 4) is 0 Å². The number of hydrogen-bond acceptors (Lipinski definition) is 4. The van der Waals surface area contributed by atoms with Crippen molar-refractivity contribution in [2.24, 2.45) is 0 Å². The van der Waals surface area contributed by atoms with E-state index in [4.69, 9.17) is 0 Å². The van der Waals surface area contributed by atoms with Gasteiger partial charge in [0.1, 0.15) is 11.6 Å². The van der Waals surface area contributed by atoms with Crippen LogP contribution < -0.4 is 4.90 Å². The fourth-order valence-electron chi connectivity index (χ4n) is 3.28. The van der Waals surface area contributed by atoms with E-state index in [1.54, 1.807) is 0 Å². The highest BCUT2D eigenvalue weighted by Gasteiger charge is 2.22. The highest BCUT2D eigenvalue weighted by molar-refractivity contribution is 5.76. The normalized spacial score (nSPS) is 14.6. The number of halogens is 2. The smallest absolute Gasteiger partial charge is 0.223 e. The molecule has 1 amide bonds. The summed E-state index contributed by atoms with van der Waals surface area (Å²) >= 11 is 0.